The highest BCUT2D eigenvalue weighted by Crippen LogP contribution is 2.28. The van der Waals surface area contributed by atoms with Crippen molar-refractivity contribution in [2.45, 2.75) is 84.1 Å². The van der Waals surface area contributed by atoms with E-state index < -0.39 is 0 Å². The van der Waals surface area contributed by atoms with Crippen LogP contribution in [0, 0.1) is 0 Å². The molecular weight excluding hydrogens is 338 g/mol. The van der Waals surface area contributed by atoms with Crippen LogP contribution in [0.1, 0.15) is 69.3 Å². The van der Waals surface area contributed by atoms with E-state index in [1.807, 2.05) is 29.2 Å². The Labute approximate surface area is 163 Å². The highest BCUT2D eigenvalue weighted by atomic mass is 16.2. The largest absolute Gasteiger partial charge is 0.349 e. The summed E-state index contributed by atoms with van der Waals surface area (Å²) in [6, 6.07) is 9.13. The molecule has 2 aliphatic rings. The number of rotatable bonds is 9. The van der Waals surface area contributed by atoms with Crippen LogP contribution < -0.4 is 5.32 Å². The van der Waals surface area contributed by atoms with E-state index in [1.165, 1.54) is 12.8 Å². The van der Waals surface area contributed by atoms with Crippen LogP contribution in [0.15, 0.2) is 24.3 Å². The second-order valence-corrected chi connectivity index (χ2v) is 8.57. The van der Waals surface area contributed by atoms with Crippen molar-refractivity contribution in [2.24, 2.45) is 0 Å². The number of benzene rings is 1. The summed E-state index contributed by atoms with van der Waals surface area (Å²) in [5.41, 5.74) is 1.86. The quantitative estimate of drug-likeness (QED) is 0.725. The number of nitrogens with one attached hydrogen (secondary N) is 1. The number of nitrogens with zero attached hydrogens (tertiary/aromatic N) is 2. The van der Waals surface area contributed by atoms with Gasteiger partial charge in [-0.1, -0.05) is 12.1 Å². The van der Waals surface area contributed by atoms with Crippen molar-refractivity contribution in [3.63, 3.8) is 0 Å². The number of carbonyl (C=O) groups excluding carboxylic acids is 2. The molecular formula is C22H33N3O2. The van der Waals surface area contributed by atoms with Crippen molar-refractivity contribution < 1.29 is 9.59 Å². The van der Waals surface area contributed by atoms with Crippen molar-refractivity contribution in [1.82, 2.24) is 15.1 Å². The third-order valence-electron chi connectivity index (χ3n) is 5.32. The van der Waals surface area contributed by atoms with Crippen molar-refractivity contribution in [2.75, 3.05) is 6.54 Å². The molecule has 1 aromatic rings. The highest BCUT2D eigenvalue weighted by Gasteiger charge is 2.32. The third-order valence-corrected chi connectivity index (χ3v) is 5.32. The van der Waals surface area contributed by atoms with Gasteiger partial charge in [-0.15, -0.1) is 0 Å². The van der Waals surface area contributed by atoms with E-state index in [0.29, 0.717) is 24.2 Å². The molecule has 0 heterocycles. The molecule has 0 bridgehead atoms. The van der Waals surface area contributed by atoms with Gasteiger partial charge in [0.2, 0.25) is 5.91 Å². The molecule has 0 aliphatic heterocycles. The van der Waals surface area contributed by atoms with Gasteiger partial charge in [0.1, 0.15) is 0 Å². The first kappa shape index (κ1) is 19.9. The summed E-state index contributed by atoms with van der Waals surface area (Å²) < 4.78 is 0. The van der Waals surface area contributed by atoms with Gasteiger partial charge in [0.15, 0.2) is 0 Å². The Morgan fingerprint density at radius 2 is 1.59 bits per heavy atom. The Hall–Kier alpha value is -1.88. The maximum Gasteiger partial charge on any atom is 0.251 e. The molecule has 1 aromatic carbocycles. The first-order chi connectivity index (χ1) is 12.8. The van der Waals surface area contributed by atoms with Crippen molar-refractivity contribution in [3.05, 3.63) is 35.4 Å². The summed E-state index contributed by atoms with van der Waals surface area (Å²) in [6.07, 6.45) is 4.52. The van der Waals surface area contributed by atoms with Crippen LogP contribution >= 0.6 is 0 Å². The van der Waals surface area contributed by atoms with Crippen LogP contribution in [0.5, 0.6) is 0 Å². The van der Waals surface area contributed by atoms with E-state index in [-0.39, 0.29) is 23.9 Å². The highest BCUT2D eigenvalue weighted by molar-refractivity contribution is 5.94. The van der Waals surface area contributed by atoms with Gasteiger partial charge in [0, 0.05) is 36.3 Å². The molecule has 2 fully saturated rings. The standard InChI is InChI=1S/C22H33N3O2/c1-15(2)25(16(3)4)21(26)14-24(20-11-12-20)13-17-5-7-18(8-6-17)22(27)23-19-9-10-19/h5-8,15-16,19-20H,9-14H2,1-4H3,(H,23,27). The van der Waals surface area contributed by atoms with Gasteiger partial charge in [0.25, 0.3) is 5.91 Å². The van der Waals surface area contributed by atoms with Crippen molar-refractivity contribution >= 4 is 11.8 Å². The van der Waals surface area contributed by atoms with Crippen LogP contribution in [0.2, 0.25) is 0 Å². The predicted molar refractivity (Wildman–Crippen MR) is 107 cm³/mol. The smallest absolute Gasteiger partial charge is 0.251 e. The Morgan fingerprint density at radius 1 is 1.00 bits per heavy atom. The Kier molecular flexibility index (Phi) is 6.20. The molecule has 1 N–H and O–H groups in total. The van der Waals surface area contributed by atoms with E-state index in [0.717, 1.165) is 24.9 Å². The fraction of sp³-hybridized carbons (Fsp3) is 0.636. The summed E-state index contributed by atoms with van der Waals surface area (Å²) in [5.74, 6) is 0.218. The molecule has 5 nitrogen and oxygen atoms in total. The number of hydrogen-bond donors (Lipinski definition) is 1. The third kappa shape index (κ3) is 5.55. The molecule has 0 saturated heterocycles. The van der Waals surface area contributed by atoms with Gasteiger partial charge in [0.05, 0.1) is 6.54 Å². The van der Waals surface area contributed by atoms with E-state index in [4.69, 9.17) is 0 Å². The fourth-order valence-corrected chi connectivity index (χ4v) is 3.67. The zero-order chi connectivity index (χ0) is 19.6. The molecule has 2 amide bonds. The van der Waals surface area contributed by atoms with E-state index in [2.05, 4.69) is 37.9 Å². The molecule has 0 spiro atoms. The monoisotopic (exact) mass is 371 g/mol. The Balaban J connectivity index is 1.60. The normalized spacial score (nSPS) is 16.9. The van der Waals surface area contributed by atoms with Crippen LogP contribution in [-0.4, -0.2) is 52.3 Å². The number of carbonyl (C=O) groups is 2. The lowest BCUT2D eigenvalue weighted by Gasteiger charge is -2.33. The molecule has 148 valence electrons. The number of amides is 2. The van der Waals surface area contributed by atoms with E-state index in [9.17, 15) is 9.59 Å². The fourth-order valence-electron chi connectivity index (χ4n) is 3.67. The molecule has 0 aromatic heterocycles. The summed E-state index contributed by atoms with van der Waals surface area (Å²) in [6.45, 7) is 9.51. The zero-order valence-corrected chi connectivity index (χ0v) is 17.1. The average molecular weight is 372 g/mol. The Morgan fingerprint density at radius 3 is 2.07 bits per heavy atom. The van der Waals surface area contributed by atoms with Gasteiger partial charge < -0.3 is 10.2 Å². The molecule has 2 aliphatic carbocycles. The maximum absolute atomic E-state index is 12.8. The second-order valence-electron chi connectivity index (χ2n) is 8.57. The molecule has 0 atom stereocenters. The van der Waals surface area contributed by atoms with Gasteiger partial charge in [-0.05, 0) is 71.1 Å². The van der Waals surface area contributed by atoms with Crippen molar-refractivity contribution in [3.8, 4) is 0 Å². The van der Waals surface area contributed by atoms with E-state index in [1.54, 1.807) is 0 Å². The predicted octanol–water partition coefficient (Wildman–Crippen LogP) is 3.19. The maximum atomic E-state index is 12.8. The minimum atomic E-state index is 0.0165. The molecule has 3 rings (SSSR count). The first-order valence-electron chi connectivity index (χ1n) is 10.3. The van der Waals surface area contributed by atoms with Gasteiger partial charge in [-0.25, -0.2) is 0 Å². The summed E-state index contributed by atoms with van der Waals surface area (Å²) in [5, 5.41) is 3.02. The molecule has 5 heteroatoms. The lowest BCUT2D eigenvalue weighted by molar-refractivity contribution is -0.136. The van der Waals surface area contributed by atoms with Crippen LogP contribution in [-0.2, 0) is 11.3 Å². The molecule has 0 radical (unpaired) electrons. The minimum absolute atomic E-state index is 0.0165. The topological polar surface area (TPSA) is 52.7 Å². The lowest BCUT2D eigenvalue weighted by Crippen LogP contribution is -2.47. The summed E-state index contributed by atoms with van der Waals surface area (Å²) in [4.78, 5) is 29.2. The van der Waals surface area contributed by atoms with Crippen molar-refractivity contribution in [1.29, 1.82) is 0 Å². The summed E-state index contributed by atoms with van der Waals surface area (Å²) in [7, 11) is 0. The second kappa shape index (κ2) is 8.42. The van der Waals surface area contributed by atoms with Crippen LogP contribution in [0.3, 0.4) is 0 Å². The van der Waals surface area contributed by atoms with E-state index >= 15 is 0 Å². The average Bonchev–Trinajstić information content (AvgIpc) is 3.48. The number of hydrogen-bond acceptors (Lipinski definition) is 3. The van der Waals surface area contributed by atoms with Gasteiger partial charge in [-0.2, -0.15) is 0 Å². The molecule has 0 unspecified atom stereocenters. The molecule has 27 heavy (non-hydrogen) atoms. The Bertz CT molecular complexity index is 653. The zero-order valence-electron chi connectivity index (χ0n) is 17.1. The SMILES string of the molecule is CC(C)N(C(=O)CN(Cc1ccc(C(=O)NC2CC2)cc1)C1CC1)C(C)C. The van der Waals surface area contributed by atoms with Gasteiger partial charge in [-0.3, -0.25) is 14.5 Å². The lowest BCUT2D eigenvalue weighted by atomic mass is 10.1. The summed E-state index contributed by atoms with van der Waals surface area (Å²) >= 11 is 0. The minimum Gasteiger partial charge on any atom is -0.349 e. The first-order valence-corrected chi connectivity index (χ1v) is 10.3. The van der Waals surface area contributed by atoms with Gasteiger partial charge >= 0.3 is 0 Å². The molecule has 2 saturated carbocycles. The van der Waals surface area contributed by atoms with Crippen LogP contribution in [0.4, 0.5) is 0 Å². The van der Waals surface area contributed by atoms with Crippen LogP contribution in [0.25, 0.3) is 0 Å².